The number of benzene rings is 1. The van der Waals surface area contributed by atoms with Gasteiger partial charge in [0.05, 0.1) is 21.3 Å². The van der Waals surface area contributed by atoms with Crippen LogP contribution >= 0.6 is 0 Å². The van der Waals surface area contributed by atoms with Crippen molar-refractivity contribution < 1.29 is 16.8 Å². The molecule has 0 aliphatic carbocycles. The van der Waals surface area contributed by atoms with Gasteiger partial charge in [0.15, 0.2) is 19.7 Å². The second-order valence-electron chi connectivity index (χ2n) is 3.20. The molecule has 0 N–H and O–H groups in total. The Morgan fingerprint density at radius 3 is 1.94 bits per heavy atom. The van der Waals surface area contributed by atoms with E-state index in [1.54, 1.807) is 0 Å². The van der Waals surface area contributed by atoms with Crippen LogP contribution in [0.25, 0.3) is 0 Å². The van der Waals surface area contributed by atoms with Gasteiger partial charge in [0.1, 0.15) is 0 Å². The molecule has 0 saturated carbocycles. The molecule has 4 nitrogen and oxygen atoms in total. The maximum Gasteiger partial charge on any atom is 0.178 e. The molecule has 0 aliphatic heterocycles. The highest BCUT2D eigenvalue weighted by Gasteiger charge is 2.15. The SMILES string of the molecule is CCS(=O)(=O)c1[c]cc(S(=O)(=O)CC)cc1. The van der Waals surface area contributed by atoms with Crippen LogP contribution in [0.15, 0.2) is 28.0 Å². The highest BCUT2D eigenvalue weighted by molar-refractivity contribution is 7.91. The fourth-order valence-corrected chi connectivity index (χ4v) is 2.78. The molecule has 0 bridgehead atoms. The average Bonchev–Trinajstić information content (AvgIpc) is 2.29. The predicted molar refractivity (Wildman–Crippen MR) is 60.7 cm³/mol. The molecule has 0 amide bonds. The zero-order valence-corrected chi connectivity index (χ0v) is 10.7. The van der Waals surface area contributed by atoms with Crippen molar-refractivity contribution in [3.63, 3.8) is 0 Å². The van der Waals surface area contributed by atoms with Crippen LogP contribution < -0.4 is 0 Å². The van der Waals surface area contributed by atoms with E-state index in [-0.39, 0.29) is 21.3 Å². The van der Waals surface area contributed by atoms with E-state index in [0.717, 1.165) is 0 Å². The van der Waals surface area contributed by atoms with Crippen molar-refractivity contribution in [1.82, 2.24) is 0 Å². The molecule has 0 aromatic heterocycles. The van der Waals surface area contributed by atoms with Crippen molar-refractivity contribution in [3.8, 4) is 0 Å². The van der Waals surface area contributed by atoms with E-state index in [2.05, 4.69) is 6.07 Å². The lowest BCUT2D eigenvalue weighted by molar-refractivity contribution is 0.593. The molecule has 0 aliphatic rings. The third kappa shape index (κ3) is 2.62. The minimum Gasteiger partial charge on any atom is -0.224 e. The van der Waals surface area contributed by atoms with Crippen LogP contribution in [-0.2, 0) is 19.7 Å². The Morgan fingerprint density at radius 1 is 1.00 bits per heavy atom. The van der Waals surface area contributed by atoms with Gasteiger partial charge in [-0.05, 0) is 18.2 Å². The molecule has 0 fully saturated rings. The number of hydrogen-bond donors (Lipinski definition) is 0. The largest absolute Gasteiger partial charge is 0.224 e. The molecule has 0 spiro atoms. The van der Waals surface area contributed by atoms with Gasteiger partial charge in [-0.3, -0.25) is 0 Å². The van der Waals surface area contributed by atoms with Gasteiger partial charge in [0.2, 0.25) is 0 Å². The van der Waals surface area contributed by atoms with Gasteiger partial charge in [-0.2, -0.15) is 0 Å². The van der Waals surface area contributed by atoms with Crippen molar-refractivity contribution in [3.05, 3.63) is 24.3 Å². The highest BCUT2D eigenvalue weighted by atomic mass is 32.2. The molecule has 1 aromatic carbocycles. The van der Waals surface area contributed by atoms with Crippen molar-refractivity contribution >= 4 is 19.7 Å². The molecular formula is C10H13O4S2. The van der Waals surface area contributed by atoms with Crippen LogP contribution in [0.5, 0.6) is 0 Å². The topological polar surface area (TPSA) is 68.3 Å². The normalized spacial score (nSPS) is 12.6. The van der Waals surface area contributed by atoms with Crippen LogP contribution in [0.2, 0.25) is 0 Å². The summed E-state index contributed by atoms with van der Waals surface area (Å²) in [6.07, 6.45) is 0. The molecular weight excluding hydrogens is 248 g/mol. The first-order valence-electron chi connectivity index (χ1n) is 4.80. The summed E-state index contributed by atoms with van der Waals surface area (Å²) in [5.74, 6) is -0.0376. The minimum atomic E-state index is -3.32. The Balaban J connectivity index is 3.21. The van der Waals surface area contributed by atoms with Gasteiger partial charge in [0, 0.05) is 6.07 Å². The first-order chi connectivity index (χ1) is 7.33. The van der Waals surface area contributed by atoms with E-state index in [4.69, 9.17) is 0 Å². The zero-order chi connectivity index (χ0) is 12.4. The van der Waals surface area contributed by atoms with Crippen molar-refractivity contribution in [2.24, 2.45) is 0 Å². The third-order valence-corrected chi connectivity index (χ3v) is 5.63. The highest BCUT2D eigenvalue weighted by Crippen LogP contribution is 2.15. The second-order valence-corrected chi connectivity index (χ2v) is 7.72. The van der Waals surface area contributed by atoms with Gasteiger partial charge in [0.25, 0.3) is 0 Å². The molecule has 6 heteroatoms. The van der Waals surface area contributed by atoms with Crippen molar-refractivity contribution in [2.75, 3.05) is 11.5 Å². The van der Waals surface area contributed by atoms with E-state index >= 15 is 0 Å². The Bertz CT molecular complexity index is 500. The van der Waals surface area contributed by atoms with Crippen molar-refractivity contribution in [2.45, 2.75) is 23.6 Å². The van der Waals surface area contributed by atoms with E-state index in [9.17, 15) is 16.8 Å². The summed E-state index contributed by atoms with van der Waals surface area (Å²) >= 11 is 0. The second kappa shape index (κ2) is 4.55. The average molecular weight is 261 g/mol. The fraction of sp³-hybridized carbons (Fsp3) is 0.400. The number of sulfone groups is 2. The van der Waals surface area contributed by atoms with Crippen LogP contribution in [0.3, 0.4) is 0 Å². The van der Waals surface area contributed by atoms with Crippen LogP contribution in [0.4, 0.5) is 0 Å². The Morgan fingerprint density at radius 2 is 1.56 bits per heavy atom. The lowest BCUT2D eigenvalue weighted by Crippen LogP contribution is -2.06. The smallest absolute Gasteiger partial charge is 0.178 e. The van der Waals surface area contributed by atoms with Gasteiger partial charge >= 0.3 is 0 Å². The maximum absolute atomic E-state index is 11.5. The molecule has 1 rings (SSSR count). The summed E-state index contributed by atoms with van der Waals surface area (Å²) in [5, 5.41) is 0. The Labute approximate surface area is 96.1 Å². The van der Waals surface area contributed by atoms with E-state index in [1.165, 1.54) is 32.0 Å². The number of rotatable bonds is 4. The van der Waals surface area contributed by atoms with Crippen LogP contribution in [-0.4, -0.2) is 28.3 Å². The lowest BCUT2D eigenvalue weighted by atomic mass is 10.4. The molecule has 1 aromatic rings. The molecule has 0 unspecified atom stereocenters. The summed E-state index contributed by atoms with van der Waals surface area (Å²) in [4.78, 5) is 0.134. The van der Waals surface area contributed by atoms with Gasteiger partial charge in [-0.1, -0.05) is 13.8 Å². The zero-order valence-electron chi connectivity index (χ0n) is 9.10. The summed E-state index contributed by atoms with van der Waals surface area (Å²) in [5.41, 5.74) is 0. The van der Waals surface area contributed by atoms with Crippen molar-refractivity contribution in [1.29, 1.82) is 0 Å². The molecule has 16 heavy (non-hydrogen) atoms. The van der Waals surface area contributed by atoms with Gasteiger partial charge in [-0.15, -0.1) is 0 Å². The predicted octanol–water partition coefficient (Wildman–Crippen LogP) is 1.07. The first kappa shape index (κ1) is 13.2. The van der Waals surface area contributed by atoms with E-state index < -0.39 is 19.7 Å². The summed E-state index contributed by atoms with van der Waals surface area (Å²) in [7, 11) is -6.61. The standard InChI is InChI=1S/C10H13O4S2/c1-3-15(11,12)9-5-7-10(8-6-9)16(13,14)4-2/h5-7H,3-4H2,1-2H3. The molecule has 89 valence electrons. The lowest BCUT2D eigenvalue weighted by Gasteiger charge is -2.03. The molecule has 0 atom stereocenters. The van der Waals surface area contributed by atoms with E-state index in [1.807, 2.05) is 0 Å². The van der Waals surface area contributed by atoms with Crippen LogP contribution in [0, 0.1) is 6.07 Å². The van der Waals surface area contributed by atoms with Gasteiger partial charge in [-0.25, -0.2) is 16.8 Å². The summed E-state index contributed by atoms with van der Waals surface area (Å²) in [6, 6.07) is 6.29. The number of hydrogen-bond acceptors (Lipinski definition) is 4. The van der Waals surface area contributed by atoms with Gasteiger partial charge < -0.3 is 0 Å². The fourth-order valence-electron chi connectivity index (χ4n) is 1.11. The Hall–Kier alpha value is -0.880. The monoisotopic (exact) mass is 261 g/mol. The Kier molecular flexibility index (Phi) is 3.75. The molecule has 0 heterocycles. The summed E-state index contributed by atoms with van der Waals surface area (Å²) < 4.78 is 45.8. The first-order valence-corrected chi connectivity index (χ1v) is 8.11. The minimum absolute atomic E-state index is 0.0132. The third-order valence-electron chi connectivity index (χ3n) is 2.21. The quantitative estimate of drug-likeness (QED) is 0.813. The van der Waals surface area contributed by atoms with Crippen LogP contribution in [0.1, 0.15) is 13.8 Å². The van der Waals surface area contributed by atoms with E-state index in [0.29, 0.717) is 0 Å². The maximum atomic E-state index is 11.5. The summed E-state index contributed by atoms with van der Waals surface area (Å²) in [6.45, 7) is 3.06. The molecule has 0 saturated heterocycles. The molecule has 1 radical (unpaired) electrons.